The minimum Gasteiger partial charge on any atom is -0.369 e. The van der Waals surface area contributed by atoms with E-state index in [0.29, 0.717) is 13.0 Å². The molecule has 0 radical (unpaired) electrons. The van der Waals surface area contributed by atoms with E-state index < -0.39 is 0 Å². The average molecular weight is 375 g/mol. The molecular weight excluding hydrogens is 350 g/mol. The first-order chi connectivity index (χ1) is 12.7. The lowest BCUT2D eigenvalue weighted by Gasteiger charge is -2.40. The van der Waals surface area contributed by atoms with Gasteiger partial charge in [0.25, 0.3) is 5.91 Å². The number of ether oxygens (including phenoxy) is 1. The second-order valence-electron chi connectivity index (χ2n) is 7.91. The first kappa shape index (κ1) is 16.7. The van der Waals surface area contributed by atoms with Gasteiger partial charge < -0.3 is 20.3 Å². The van der Waals surface area contributed by atoms with E-state index in [-0.39, 0.29) is 29.5 Å². The van der Waals surface area contributed by atoms with Gasteiger partial charge in [0.15, 0.2) is 0 Å². The second-order valence-corrected chi connectivity index (χ2v) is 8.97. The molecule has 6 nitrogen and oxygen atoms in total. The number of hydrogen-bond donors (Lipinski definition) is 2. The lowest BCUT2D eigenvalue weighted by atomic mass is 9.86. The summed E-state index contributed by atoms with van der Waals surface area (Å²) >= 11 is 1.63. The molecule has 1 aromatic rings. The van der Waals surface area contributed by atoms with Crippen LogP contribution in [-0.4, -0.2) is 55.0 Å². The molecule has 140 valence electrons. The maximum atomic E-state index is 13.4. The highest BCUT2D eigenvalue weighted by Crippen LogP contribution is 2.45. The predicted octanol–water partition coefficient (Wildman–Crippen LogP) is 1.39. The van der Waals surface area contributed by atoms with Gasteiger partial charge in [0.1, 0.15) is 5.60 Å². The Hall–Kier alpha value is -1.44. The molecule has 26 heavy (non-hydrogen) atoms. The third-order valence-electron chi connectivity index (χ3n) is 6.40. The van der Waals surface area contributed by atoms with Crippen LogP contribution >= 0.6 is 11.3 Å². The zero-order valence-corrected chi connectivity index (χ0v) is 15.7. The fraction of sp³-hybridized carbons (Fsp3) is 0.684. The van der Waals surface area contributed by atoms with Gasteiger partial charge in [-0.2, -0.15) is 0 Å². The van der Waals surface area contributed by atoms with Crippen molar-refractivity contribution in [2.24, 2.45) is 0 Å². The first-order valence-corrected chi connectivity index (χ1v) is 10.6. The largest absolute Gasteiger partial charge is 0.369 e. The normalized spacial score (nSPS) is 30.0. The van der Waals surface area contributed by atoms with Crippen molar-refractivity contribution in [3.05, 3.63) is 21.4 Å². The van der Waals surface area contributed by atoms with Crippen molar-refractivity contribution in [3.63, 3.8) is 0 Å². The van der Waals surface area contributed by atoms with E-state index >= 15 is 0 Å². The van der Waals surface area contributed by atoms with Crippen molar-refractivity contribution in [3.8, 4) is 0 Å². The van der Waals surface area contributed by atoms with Crippen molar-refractivity contribution in [1.29, 1.82) is 0 Å². The van der Waals surface area contributed by atoms with E-state index in [1.54, 1.807) is 11.3 Å². The topological polar surface area (TPSA) is 70.7 Å². The molecule has 4 aliphatic heterocycles. The molecule has 2 bridgehead atoms. The maximum absolute atomic E-state index is 13.4. The molecule has 0 unspecified atom stereocenters. The lowest BCUT2D eigenvalue weighted by Crippen LogP contribution is -2.44. The molecule has 0 saturated carbocycles. The number of piperidine rings is 1. The van der Waals surface area contributed by atoms with Gasteiger partial charge in [-0.05, 0) is 56.8 Å². The Balaban J connectivity index is 1.46. The van der Waals surface area contributed by atoms with Crippen LogP contribution in [0.5, 0.6) is 0 Å². The number of carbonyl (C=O) groups is 2. The number of nitrogens with zero attached hydrogens (tertiary/aromatic N) is 1. The molecule has 2 N–H and O–H groups in total. The SMILES string of the molecule is O=C1C[C@H]2CC[C@@H](CN1)N2C(=O)c1cc2c(s1)C1(CCNCC1)OCC2. The molecule has 5 rings (SSSR count). The monoisotopic (exact) mass is 375 g/mol. The average Bonchev–Trinajstić information content (AvgIpc) is 3.20. The molecule has 3 fully saturated rings. The Kier molecular flexibility index (Phi) is 4.06. The molecule has 3 saturated heterocycles. The molecule has 4 aliphatic rings. The Morgan fingerprint density at radius 3 is 2.92 bits per heavy atom. The van der Waals surface area contributed by atoms with E-state index in [1.807, 2.05) is 4.90 Å². The van der Waals surface area contributed by atoms with Crippen LogP contribution in [0.15, 0.2) is 6.07 Å². The number of amides is 2. The lowest BCUT2D eigenvalue weighted by molar-refractivity contribution is -0.121. The van der Waals surface area contributed by atoms with E-state index in [1.165, 1.54) is 10.4 Å². The van der Waals surface area contributed by atoms with Gasteiger partial charge in [-0.1, -0.05) is 0 Å². The summed E-state index contributed by atoms with van der Waals surface area (Å²) in [6.45, 7) is 3.25. The summed E-state index contributed by atoms with van der Waals surface area (Å²) in [6.07, 6.45) is 5.20. The first-order valence-electron chi connectivity index (χ1n) is 9.73. The van der Waals surface area contributed by atoms with Crippen molar-refractivity contribution >= 4 is 23.2 Å². The van der Waals surface area contributed by atoms with E-state index in [0.717, 1.165) is 56.7 Å². The van der Waals surface area contributed by atoms with Crippen molar-refractivity contribution < 1.29 is 14.3 Å². The molecule has 0 aromatic carbocycles. The zero-order chi connectivity index (χ0) is 17.7. The molecule has 5 heterocycles. The smallest absolute Gasteiger partial charge is 0.264 e. The van der Waals surface area contributed by atoms with Crippen LogP contribution in [0, 0.1) is 0 Å². The van der Waals surface area contributed by atoms with E-state index in [2.05, 4.69) is 16.7 Å². The van der Waals surface area contributed by atoms with Crippen LogP contribution in [-0.2, 0) is 21.6 Å². The molecule has 2 amide bonds. The highest BCUT2D eigenvalue weighted by atomic mass is 32.1. The Labute approximate surface area is 157 Å². The van der Waals surface area contributed by atoms with Crippen LogP contribution in [0.25, 0.3) is 0 Å². The Morgan fingerprint density at radius 1 is 1.27 bits per heavy atom. The number of carbonyl (C=O) groups excluding carboxylic acids is 2. The van der Waals surface area contributed by atoms with Gasteiger partial charge in [-0.25, -0.2) is 0 Å². The number of hydrogen-bond acceptors (Lipinski definition) is 5. The van der Waals surface area contributed by atoms with Crippen molar-refractivity contribution in [1.82, 2.24) is 15.5 Å². The van der Waals surface area contributed by atoms with E-state index in [4.69, 9.17) is 4.74 Å². The predicted molar refractivity (Wildman–Crippen MR) is 98.4 cm³/mol. The summed E-state index contributed by atoms with van der Waals surface area (Å²) in [7, 11) is 0. The number of rotatable bonds is 1. The standard InChI is InChI=1S/C19H25N3O3S/c23-16-10-13-1-2-14(11-21-16)22(13)18(24)15-9-12-3-8-25-19(17(12)26-15)4-6-20-7-5-19/h9,13-14,20H,1-8,10-11H2,(H,21,23)/t13-,14+/m1/s1. The van der Waals surface area contributed by atoms with Crippen LogP contribution in [0.4, 0.5) is 0 Å². The summed E-state index contributed by atoms with van der Waals surface area (Å²) in [5.41, 5.74) is 1.10. The van der Waals surface area contributed by atoms with Crippen molar-refractivity contribution in [2.45, 2.75) is 56.2 Å². The number of nitrogens with one attached hydrogen (secondary N) is 2. The molecule has 1 aromatic heterocycles. The zero-order valence-electron chi connectivity index (χ0n) is 14.9. The molecule has 1 spiro atoms. The summed E-state index contributed by atoms with van der Waals surface area (Å²) in [5.74, 6) is 0.181. The Morgan fingerprint density at radius 2 is 2.08 bits per heavy atom. The van der Waals surface area contributed by atoms with Gasteiger partial charge in [-0.3, -0.25) is 9.59 Å². The third-order valence-corrected chi connectivity index (χ3v) is 7.76. The Bertz CT molecular complexity index is 740. The fourth-order valence-electron chi connectivity index (χ4n) is 5.07. The highest BCUT2D eigenvalue weighted by molar-refractivity contribution is 7.14. The molecular formula is C19H25N3O3S. The van der Waals surface area contributed by atoms with Gasteiger partial charge in [0, 0.05) is 29.9 Å². The van der Waals surface area contributed by atoms with Crippen LogP contribution in [0.2, 0.25) is 0 Å². The van der Waals surface area contributed by atoms with Crippen molar-refractivity contribution in [2.75, 3.05) is 26.2 Å². The van der Waals surface area contributed by atoms with Crippen LogP contribution < -0.4 is 10.6 Å². The summed E-state index contributed by atoms with van der Waals surface area (Å²) in [5, 5.41) is 6.36. The third kappa shape index (κ3) is 2.60. The van der Waals surface area contributed by atoms with Gasteiger partial charge in [0.05, 0.1) is 11.5 Å². The van der Waals surface area contributed by atoms with Gasteiger partial charge in [-0.15, -0.1) is 11.3 Å². The van der Waals surface area contributed by atoms with Gasteiger partial charge in [0.2, 0.25) is 5.91 Å². The maximum Gasteiger partial charge on any atom is 0.264 e. The number of fused-ring (bicyclic) bond motifs is 4. The van der Waals surface area contributed by atoms with Crippen LogP contribution in [0.1, 0.15) is 52.2 Å². The minimum absolute atomic E-state index is 0.0539. The van der Waals surface area contributed by atoms with E-state index in [9.17, 15) is 9.59 Å². The summed E-state index contributed by atoms with van der Waals surface area (Å²) in [6, 6.07) is 2.30. The fourth-order valence-corrected chi connectivity index (χ4v) is 6.42. The second kappa shape index (κ2) is 6.32. The summed E-state index contributed by atoms with van der Waals surface area (Å²) < 4.78 is 6.25. The molecule has 7 heteroatoms. The molecule has 0 aliphatic carbocycles. The number of thiophene rings is 1. The van der Waals surface area contributed by atoms with Gasteiger partial charge >= 0.3 is 0 Å². The quantitative estimate of drug-likeness (QED) is 0.778. The minimum atomic E-state index is -0.197. The highest BCUT2D eigenvalue weighted by Gasteiger charge is 2.44. The summed E-state index contributed by atoms with van der Waals surface area (Å²) in [4.78, 5) is 29.3. The molecule has 2 atom stereocenters. The van der Waals surface area contributed by atoms with Crippen LogP contribution in [0.3, 0.4) is 0 Å².